The molecule has 2 heteroatoms. The number of rotatable bonds is 9. The first-order valence-electron chi connectivity index (χ1n) is 12.2. The zero-order chi connectivity index (χ0) is 21.0. The van der Waals surface area contributed by atoms with E-state index in [-0.39, 0.29) is 0 Å². The molecule has 0 atom stereocenters. The first-order valence-corrected chi connectivity index (χ1v) is 12.2. The lowest BCUT2D eigenvalue weighted by Gasteiger charge is -2.32. The average Bonchev–Trinajstić information content (AvgIpc) is 2.81. The zero-order valence-electron chi connectivity index (χ0n) is 18.8. The number of aryl methyl sites for hydroxylation is 1. The van der Waals surface area contributed by atoms with Gasteiger partial charge >= 0.3 is 0 Å². The maximum atomic E-state index is 8.47. The van der Waals surface area contributed by atoms with E-state index in [2.05, 4.69) is 37.3 Å². The van der Waals surface area contributed by atoms with Crippen LogP contribution >= 0.6 is 0 Å². The van der Waals surface area contributed by atoms with Crippen molar-refractivity contribution in [1.82, 2.24) is 0 Å². The lowest BCUT2D eigenvalue weighted by Crippen LogP contribution is -2.25. The molecule has 2 fully saturated rings. The predicted molar refractivity (Wildman–Crippen MR) is 125 cm³/mol. The maximum absolute atomic E-state index is 8.47. The molecular weight excluding hydrogens is 366 g/mol. The van der Waals surface area contributed by atoms with Crippen LogP contribution in [0.4, 0.5) is 0 Å². The third-order valence-corrected chi connectivity index (χ3v) is 7.23. The highest BCUT2D eigenvalue weighted by Crippen LogP contribution is 2.37. The van der Waals surface area contributed by atoms with E-state index in [0.29, 0.717) is 6.10 Å². The summed E-state index contributed by atoms with van der Waals surface area (Å²) in [5.41, 5.74) is 2.99. The Morgan fingerprint density at radius 2 is 1.63 bits per heavy atom. The summed E-state index contributed by atoms with van der Waals surface area (Å²) >= 11 is 0. The molecule has 2 aliphatic rings. The van der Waals surface area contributed by atoms with Gasteiger partial charge in [-0.25, -0.2) is 0 Å². The van der Waals surface area contributed by atoms with Crippen LogP contribution in [0.5, 0.6) is 0 Å². The molecule has 0 heterocycles. The summed E-state index contributed by atoms with van der Waals surface area (Å²) in [5.74, 6) is 2.37. The molecule has 2 nitrogen and oxygen atoms in total. The molecule has 3 rings (SSSR count). The Bertz CT molecular complexity index is 695. The molecule has 0 amide bonds. The van der Waals surface area contributed by atoms with Crippen LogP contribution in [0.25, 0.3) is 0 Å². The van der Waals surface area contributed by atoms with Gasteiger partial charge in [0.1, 0.15) is 0 Å². The fraction of sp³-hybridized carbons (Fsp3) is 0.607. The van der Waals surface area contributed by atoms with Crippen molar-refractivity contribution in [3.63, 3.8) is 0 Å². The SMILES string of the molecule is CCc1ccc(C2CCC(COC3CCC(CC/C=C/C=C/C#N)CC3)CC2)cc1. The lowest BCUT2D eigenvalue weighted by molar-refractivity contribution is -0.00824. The number of hydrogen-bond acceptors (Lipinski definition) is 2. The second-order valence-electron chi connectivity index (χ2n) is 9.28. The summed E-state index contributed by atoms with van der Waals surface area (Å²) in [5, 5.41) is 8.47. The minimum absolute atomic E-state index is 0.495. The van der Waals surface area contributed by atoms with Crippen molar-refractivity contribution < 1.29 is 4.74 Å². The highest BCUT2D eigenvalue weighted by atomic mass is 16.5. The molecular formula is C28H39NO. The molecule has 0 N–H and O–H groups in total. The van der Waals surface area contributed by atoms with Crippen LogP contribution in [0.3, 0.4) is 0 Å². The fourth-order valence-corrected chi connectivity index (χ4v) is 5.15. The second kappa shape index (κ2) is 12.8. The minimum Gasteiger partial charge on any atom is -0.378 e. The summed E-state index contributed by atoms with van der Waals surface area (Å²) in [4.78, 5) is 0. The van der Waals surface area contributed by atoms with Crippen molar-refractivity contribution in [3.8, 4) is 6.07 Å². The molecule has 0 bridgehead atoms. The van der Waals surface area contributed by atoms with Crippen LogP contribution in [0, 0.1) is 23.2 Å². The van der Waals surface area contributed by atoms with Crippen LogP contribution < -0.4 is 0 Å². The summed E-state index contributed by atoms with van der Waals surface area (Å²) in [6.07, 6.45) is 21.9. The number of benzene rings is 1. The maximum Gasteiger partial charge on any atom is 0.0912 e. The van der Waals surface area contributed by atoms with Crippen molar-refractivity contribution in [3.05, 3.63) is 59.7 Å². The molecule has 1 aromatic carbocycles. The molecule has 0 unspecified atom stereocenters. The summed E-state index contributed by atoms with van der Waals surface area (Å²) in [6.45, 7) is 3.20. The van der Waals surface area contributed by atoms with Gasteiger partial charge in [-0.1, -0.05) is 49.4 Å². The number of nitriles is 1. The van der Waals surface area contributed by atoms with E-state index in [1.165, 1.54) is 69.4 Å². The molecule has 2 saturated carbocycles. The molecule has 0 spiro atoms. The molecule has 162 valence electrons. The fourth-order valence-electron chi connectivity index (χ4n) is 5.15. The highest BCUT2D eigenvalue weighted by molar-refractivity contribution is 5.25. The molecule has 0 saturated heterocycles. The largest absolute Gasteiger partial charge is 0.378 e. The Kier molecular flexibility index (Phi) is 9.71. The van der Waals surface area contributed by atoms with E-state index >= 15 is 0 Å². The molecule has 0 aliphatic heterocycles. The van der Waals surface area contributed by atoms with Gasteiger partial charge < -0.3 is 4.74 Å². The van der Waals surface area contributed by atoms with Crippen molar-refractivity contribution in [2.24, 2.45) is 11.8 Å². The lowest BCUT2D eigenvalue weighted by atomic mass is 9.79. The van der Waals surface area contributed by atoms with Crippen LogP contribution in [0.2, 0.25) is 0 Å². The highest BCUT2D eigenvalue weighted by Gasteiger charge is 2.25. The number of allylic oxidation sites excluding steroid dienone is 4. The first-order chi connectivity index (χ1) is 14.8. The van der Waals surface area contributed by atoms with E-state index in [4.69, 9.17) is 10.00 Å². The van der Waals surface area contributed by atoms with Gasteiger partial charge in [0.05, 0.1) is 12.2 Å². The van der Waals surface area contributed by atoms with E-state index in [1.807, 2.05) is 18.2 Å². The van der Waals surface area contributed by atoms with E-state index in [0.717, 1.165) is 37.2 Å². The Morgan fingerprint density at radius 1 is 0.933 bits per heavy atom. The van der Waals surface area contributed by atoms with Crippen molar-refractivity contribution in [1.29, 1.82) is 5.26 Å². The number of ether oxygens (including phenoxy) is 1. The Hall–Kier alpha value is -1.85. The van der Waals surface area contributed by atoms with Crippen molar-refractivity contribution in [2.45, 2.75) is 89.6 Å². The molecule has 2 aliphatic carbocycles. The average molecular weight is 406 g/mol. The Balaban J connectivity index is 1.28. The topological polar surface area (TPSA) is 33.0 Å². The Labute approximate surface area is 184 Å². The van der Waals surface area contributed by atoms with Crippen molar-refractivity contribution >= 4 is 0 Å². The van der Waals surface area contributed by atoms with E-state index in [1.54, 1.807) is 5.56 Å². The number of nitrogens with zero attached hydrogens (tertiary/aromatic N) is 1. The van der Waals surface area contributed by atoms with Crippen LogP contribution in [-0.2, 0) is 11.2 Å². The second-order valence-corrected chi connectivity index (χ2v) is 9.28. The van der Waals surface area contributed by atoms with Gasteiger partial charge in [-0.3, -0.25) is 0 Å². The molecule has 0 radical (unpaired) electrons. The molecule has 0 aromatic heterocycles. The monoisotopic (exact) mass is 405 g/mol. The quantitative estimate of drug-likeness (QED) is 0.314. The minimum atomic E-state index is 0.495. The van der Waals surface area contributed by atoms with Crippen molar-refractivity contribution in [2.75, 3.05) is 6.61 Å². The summed E-state index contributed by atoms with van der Waals surface area (Å²) < 4.78 is 6.36. The van der Waals surface area contributed by atoms with E-state index < -0.39 is 0 Å². The van der Waals surface area contributed by atoms with Crippen LogP contribution in [-0.4, -0.2) is 12.7 Å². The van der Waals surface area contributed by atoms with Gasteiger partial charge in [0.25, 0.3) is 0 Å². The van der Waals surface area contributed by atoms with Crippen LogP contribution in [0.15, 0.2) is 48.6 Å². The van der Waals surface area contributed by atoms with Gasteiger partial charge in [0.15, 0.2) is 0 Å². The summed E-state index contributed by atoms with van der Waals surface area (Å²) in [7, 11) is 0. The van der Waals surface area contributed by atoms with Gasteiger partial charge in [0, 0.05) is 12.7 Å². The first kappa shape index (κ1) is 22.8. The third kappa shape index (κ3) is 7.44. The van der Waals surface area contributed by atoms with E-state index in [9.17, 15) is 0 Å². The third-order valence-electron chi connectivity index (χ3n) is 7.23. The van der Waals surface area contributed by atoms with Gasteiger partial charge in [-0.15, -0.1) is 0 Å². The predicted octanol–water partition coefficient (Wildman–Crippen LogP) is 7.51. The Morgan fingerprint density at radius 3 is 2.30 bits per heavy atom. The molecule has 30 heavy (non-hydrogen) atoms. The van der Waals surface area contributed by atoms with Gasteiger partial charge in [-0.2, -0.15) is 5.26 Å². The van der Waals surface area contributed by atoms with Gasteiger partial charge in [0.2, 0.25) is 0 Å². The van der Waals surface area contributed by atoms with Crippen LogP contribution in [0.1, 0.15) is 88.2 Å². The normalized spacial score (nSPS) is 27.5. The number of hydrogen-bond donors (Lipinski definition) is 0. The standard InChI is InChI=1S/C28H39NO/c1-2-23-9-15-26(16-10-23)27-17-11-25(12-18-27)22-30-28-19-13-24(14-20-28)8-6-4-3-5-7-21-29/h3-5,7,9-10,15-16,24-25,27-28H,2,6,8,11-14,17-20,22H2,1H3/b4-3+,7-5+. The smallest absolute Gasteiger partial charge is 0.0912 e. The summed E-state index contributed by atoms with van der Waals surface area (Å²) in [6, 6.07) is 11.4. The van der Waals surface area contributed by atoms with Gasteiger partial charge in [-0.05, 0) is 99.5 Å². The zero-order valence-corrected chi connectivity index (χ0v) is 18.8. The molecule has 1 aromatic rings.